The maximum atomic E-state index is 4.49. The molecule has 0 saturated heterocycles. The van der Waals surface area contributed by atoms with Crippen LogP contribution in [0.2, 0.25) is 0 Å². The van der Waals surface area contributed by atoms with Crippen molar-refractivity contribution in [2.24, 2.45) is 0 Å². The Hall–Kier alpha value is -3.86. The van der Waals surface area contributed by atoms with Crippen LogP contribution in [0.1, 0.15) is 16.7 Å². The van der Waals surface area contributed by atoms with Gasteiger partial charge in [0.15, 0.2) is 0 Å². The zero-order valence-corrected chi connectivity index (χ0v) is 25.0. The number of aromatic nitrogens is 2. The van der Waals surface area contributed by atoms with Crippen molar-refractivity contribution in [2.75, 3.05) is 4.90 Å². The molecule has 0 N–H and O–H groups in total. The van der Waals surface area contributed by atoms with Gasteiger partial charge in [-0.15, -0.1) is 0 Å². The Morgan fingerprint density at radius 3 is 1.44 bits per heavy atom. The quantitative estimate of drug-likeness (QED) is 0.152. The number of hydrogen-bond donors (Lipinski definition) is 0. The first kappa shape index (κ1) is 30.6. The summed E-state index contributed by atoms with van der Waals surface area (Å²) in [7, 11) is 0. The average molecular weight is 612 g/mol. The van der Waals surface area contributed by atoms with Crippen LogP contribution in [-0.2, 0) is 17.1 Å². The third-order valence-electron chi connectivity index (χ3n) is 6.47. The molecule has 0 bridgehead atoms. The number of anilines is 3. The van der Waals surface area contributed by atoms with Crippen LogP contribution in [0.3, 0.4) is 0 Å². The molecule has 3 nitrogen and oxygen atoms in total. The van der Waals surface area contributed by atoms with E-state index in [1.165, 1.54) is 11.7 Å². The summed E-state index contributed by atoms with van der Waals surface area (Å²) in [5.41, 5.74) is 7.52. The summed E-state index contributed by atoms with van der Waals surface area (Å²) in [6.07, 6.45) is 18.0. The molecule has 2 aliphatic rings. The third kappa shape index (κ3) is 7.95. The van der Waals surface area contributed by atoms with Crippen molar-refractivity contribution in [1.82, 2.24) is 8.75 Å². The number of rotatable bonds is 3. The Morgan fingerprint density at radius 1 is 0.465 bits per heavy atom. The Kier molecular flexibility index (Phi) is 11.1. The van der Waals surface area contributed by atoms with Crippen LogP contribution in [0.4, 0.5) is 17.1 Å². The van der Waals surface area contributed by atoms with E-state index in [4.69, 9.17) is 0 Å². The van der Waals surface area contributed by atoms with Gasteiger partial charge in [0.2, 0.25) is 0 Å². The first-order chi connectivity index (χ1) is 20.8. The van der Waals surface area contributed by atoms with Crippen LogP contribution >= 0.6 is 11.7 Å². The first-order valence-corrected chi connectivity index (χ1v) is 14.3. The van der Waals surface area contributed by atoms with Crippen LogP contribution in [0.5, 0.6) is 0 Å². The Labute approximate surface area is 270 Å². The zero-order chi connectivity index (χ0) is 28.4. The van der Waals surface area contributed by atoms with Gasteiger partial charge in [-0.05, 0) is 118 Å². The molecule has 43 heavy (non-hydrogen) atoms. The van der Waals surface area contributed by atoms with Crippen LogP contribution < -0.4 is 4.90 Å². The van der Waals surface area contributed by atoms with Gasteiger partial charge in [0.25, 0.3) is 0 Å². The van der Waals surface area contributed by atoms with Crippen LogP contribution in [0.25, 0.3) is 11.0 Å². The average Bonchev–Trinajstić information content (AvgIpc) is 3.86. The number of hydrogen-bond acceptors (Lipinski definition) is 4. The molecule has 5 aromatic rings. The van der Waals surface area contributed by atoms with E-state index < -0.39 is 0 Å². The van der Waals surface area contributed by atoms with E-state index in [0.29, 0.717) is 0 Å². The molecule has 0 amide bonds. The monoisotopic (exact) mass is 611 g/mol. The van der Waals surface area contributed by atoms with Gasteiger partial charge in [-0.1, -0.05) is 60.1 Å². The van der Waals surface area contributed by atoms with Crippen molar-refractivity contribution in [2.45, 2.75) is 0 Å². The van der Waals surface area contributed by atoms with Gasteiger partial charge >= 0.3 is 17.1 Å². The van der Waals surface area contributed by atoms with Gasteiger partial charge < -0.3 is 4.90 Å². The molecule has 7 rings (SSSR count). The minimum absolute atomic E-state index is 0. The minimum Gasteiger partial charge on any atom is -0.311 e. The van der Waals surface area contributed by atoms with Crippen molar-refractivity contribution in [3.8, 4) is 23.7 Å². The molecular weight excluding hydrogens is 586 g/mol. The molecule has 1 aromatic heterocycles. The fraction of sp³-hybridized carbons (Fsp3) is 0. The first-order valence-electron chi connectivity index (χ1n) is 13.5. The number of fused-ring (bicyclic) bond motifs is 1. The Balaban J connectivity index is 0.000000559. The molecular formula is C38H25FeN3S+2. The van der Waals surface area contributed by atoms with E-state index >= 15 is 0 Å². The molecule has 2 saturated carbocycles. The number of para-hydroxylation sites is 2. The van der Waals surface area contributed by atoms with Crippen LogP contribution in [0.15, 0.2) is 97.1 Å². The van der Waals surface area contributed by atoms with Crippen molar-refractivity contribution in [3.63, 3.8) is 0 Å². The largest absolute Gasteiger partial charge is 2.00 e. The number of nitrogens with zero attached hydrogens (tertiary/aromatic N) is 3. The fourth-order valence-corrected chi connectivity index (χ4v) is 4.99. The molecule has 2 fully saturated rings. The van der Waals surface area contributed by atoms with Crippen molar-refractivity contribution in [1.29, 1.82) is 0 Å². The van der Waals surface area contributed by atoms with Gasteiger partial charge in [0.05, 0.1) is 28.8 Å². The van der Waals surface area contributed by atoms with E-state index in [2.05, 4.69) is 110 Å². The summed E-state index contributed by atoms with van der Waals surface area (Å²) in [5.74, 6) is 14.0. The second kappa shape index (κ2) is 15.6. The number of benzene rings is 4. The molecule has 0 unspecified atom stereocenters. The molecule has 10 radical (unpaired) electrons. The fourth-order valence-electron chi connectivity index (χ4n) is 4.42. The van der Waals surface area contributed by atoms with E-state index in [-0.39, 0.29) is 17.1 Å². The Morgan fingerprint density at radius 2 is 0.930 bits per heavy atom. The smallest absolute Gasteiger partial charge is 0.311 e. The topological polar surface area (TPSA) is 29.0 Å². The normalized spacial score (nSPS) is 14.0. The van der Waals surface area contributed by atoms with Gasteiger partial charge in [-0.25, -0.2) is 0 Å². The third-order valence-corrected chi connectivity index (χ3v) is 7.00. The summed E-state index contributed by atoms with van der Waals surface area (Å²) >= 11 is 1.19. The zero-order valence-electron chi connectivity index (χ0n) is 23.0. The summed E-state index contributed by atoms with van der Waals surface area (Å²) in [4.78, 5) is 2.23. The predicted octanol–water partition coefficient (Wildman–Crippen LogP) is 8.34. The summed E-state index contributed by atoms with van der Waals surface area (Å²) < 4.78 is 8.97. The molecule has 0 spiro atoms. The molecule has 0 atom stereocenters. The summed E-state index contributed by atoms with van der Waals surface area (Å²) in [6.45, 7) is 0. The van der Waals surface area contributed by atoms with Gasteiger partial charge in [-0.2, -0.15) is 8.75 Å². The van der Waals surface area contributed by atoms with E-state index in [1.54, 1.807) is 0 Å². The van der Waals surface area contributed by atoms with E-state index in [1.807, 2.05) is 82.1 Å². The standard InChI is InChI=1S/C33H20N3S.C5H5.Fe/c1-3-11-29(12-4-1)36(30-13-5-2-6-14-30)31-23-17-26(18-24-31)16-20-28-22-21-27(32-33(28)35-37-34-32)19-15-25-9-7-8-10-25;1-2-4-5-3-1;/h1-14,17-18,21-24H;1-5H;/q;;+2. The second-order valence-electron chi connectivity index (χ2n) is 9.31. The van der Waals surface area contributed by atoms with Gasteiger partial charge in [0.1, 0.15) is 11.0 Å². The van der Waals surface area contributed by atoms with Gasteiger partial charge in [0, 0.05) is 22.6 Å². The Bertz CT molecular complexity index is 1670. The molecule has 2 aliphatic carbocycles. The summed E-state index contributed by atoms with van der Waals surface area (Å²) in [5, 5.41) is 0. The second-order valence-corrected chi connectivity index (χ2v) is 9.84. The maximum absolute atomic E-state index is 4.49. The maximum Gasteiger partial charge on any atom is 2.00 e. The minimum atomic E-state index is 0. The summed E-state index contributed by atoms with van der Waals surface area (Å²) in [6, 6.07) is 33.0. The van der Waals surface area contributed by atoms with Crippen molar-refractivity contribution in [3.05, 3.63) is 177 Å². The van der Waals surface area contributed by atoms with Crippen LogP contribution in [-0.4, -0.2) is 8.75 Å². The van der Waals surface area contributed by atoms with Gasteiger partial charge in [-0.3, -0.25) is 0 Å². The van der Waals surface area contributed by atoms with Crippen molar-refractivity contribution >= 4 is 39.8 Å². The molecule has 1 heterocycles. The SMILES string of the molecule is C(#Cc1ccc(C#Cc2ccc(N(c3ccccc3)c3ccccc3)cc2)c2nsnc12)[C]1[CH][CH][CH][CH]1.[CH]1[CH][CH][CH][CH]1.[Fe+2]. The predicted molar refractivity (Wildman–Crippen MR) is 173 cm³/mol. The van der Waals surface area contributed by atoms with Crippen LogP contribution in [0, 0.1) is 87.4 Å². The molecule has 5 heteroatoms. The van der Waals surface area contributed by atoms with E-state index in [0.717, 1.165) is 50.7 Å². The van der Waals surface area contributed by atoms with Crippen molar-refractivity contribution < 1.29 is 17.1 Å². The molecule has 204 valence electrons. The molecule has 4 aromatic carbocycles. The molecule has 0 aliphatic heterocycles. The van der Waals surface area contributed by atoms with E-state index in [9.17, 15) is 0 Å².